The third-order valence-electron chi connectivity index (χ3n) is 2.63. The van der Waals surface area contributed by atoms with E-state index in [1.807, 2.05) is 25.1 Å². The van der Waals surface area contributed by atoms with Gasteiger partial charge in [-0.25, -0.2) is 0 Å². The van der Waals surface area contributed by atoms with Crippen LogP contribution in [0.1, 0.15) is 29.3 Å². The van der Waals surface area contributed by atoms with Crippen LogP contribution in [-0.4, -0.2) is 18.7 Å². The van der Waals surface area contributed by atoms with E-state index in [4.69, 9.17) is 5.26 Å². The highest BCUT2D eigenvalue weighted by molar-refractivity contribution is 5.92. The number of carbonyl (C=O) groups is 2. The fraction of sp³-hybridized carbons (Fsp3) is 0.267. The smallest absolute Gasteiger partial charge is 0.267 e. The van der Waals surface area contributed by atoms with Crippen molar-refractivity contribution in [2.24, 2.45) is 0 Å². The van der Waals surface area contributed by atoms with Crippen LogP contribution < -0.4 is 10.6 Å². The van der Waals surface area contributed by atoms with Gasteiger partial charge in [0.25, 0.3) is 5.91 Å². The summed E-state index contributed by atoms with van der Waals surface area (Å²) in [4.78, 5) is 22.7. The summed E-state index contributed by atoms with van der Waals surface area (Å²) < 4.78 is 0. The average Bonchev–Trinajstić information content (AvgIpc) is 2.49. The van der Waals surface area contributed by atoms with E-state index in [0.717, 1.165) is 11.8 Å². The number of hydrogen-bond acceptors (Lipinski definition) is 4. The second kappa shape index (κ2) is 8.48. The van der Waals surface area contributed by atoms with Gasteiger partial charge in [-0.2, -0.15) is 5.26 Å². The van der Waals surface area contributed by atoms with Crippen molar-refractivity contribution < 1.29 is 9.59 Å². The lowest BCUT2D eigenvalue weighted by Gasteiger charge is -2.11. The van der Waals surface area contributed by atoms with Gasteiger partial charge in [0.1, 0.15) is 12.8 Å². The van der Waals surface area contributed by atoms with E-state index in [9.17, 15) is 9.59 Å². The number of allylic oxidation sites excluding steroid dienone is 1. The Balaban J connectivity index is 2.73. The molecule has 0 spiro atoms. The Kier molecular flexibility index (Phi) is 6.55. The lowest BCUT2D eigenvalue weighted by atomic mass is 10.1. The zero-order valence-electron chi connectivity index (χ0n) is 11.3. The first-order chi connectivity index (χ1) is 9.72. The van der Waals surface area contributed by atoms with Crippen molar-refractivity contribution >= 4 is 12.2 Å². The summed E-state index contributed by atoms with van der Waals surface area (Å²) in [6.07, 6.45) is 3.23. The van der Waals surface area contributed by atoms with Gasteiger partial charge in [0.2, 0.25) is 0 Å². The van der Waals surface area contributed by atoms with E-state index in [1.165, 1.54) is 0 Å². The highest BCUT2D eigenvalue weighted by atomic mass is 16.2. The minimum atomic E-state index is -0.322. The van der Waals surface area contributed by atoms with E-state index < -0.39 is 0 Å². The number of nitriles is 1. The molecule has 1 amide bonds. The molecule has 0 bridgehead atoms. The van der Waals surface area contributed by atoms with Gasteiger partial charge < -0.3 is 10.6 Å². The molecule has 0 aliphatic rings. The SMILES string of the molecule is CC/C=C(/NCc1ccccc1C=O)C(=O)NCC#N. The number of carbonyl (C=O) groups excluding carboxylic acids is 2. The fourth-order valence-corrected chi connectivity index (χ4v) is 1.66. The van der Waals surface area contributed by atoms with Crippen molar-refractivity contribution in [1.82, 2.24) is 10.6 Å². The van der Waals surface area contributed by atoms with Crippen molar-refractivity contribution in [2.75, 3.05) is 6.54 Å². The molecular weight excluding hydrogens is 254 g/mol. The van der Waals surface area contributed by atoms with Crippen molar-refractivity contribution in [3.63, 3.8) is 0 Å². The Bertz CT molecular complexity index is 544. The Labute approximate surface area is 118 Å². The first kappa shape index (κ1) is 15.4. The van der Waals surface area contributed by atoms with Crippen LogP contribution in [0.4, 0.5) is 0 Å². The van der Waals surface area contributed by atoms with Crippen molar-refractivity contribution in [2.45, 2.75) is 19.9 Å². The zero-order chi connectivity index (χ0) is 14.8. The Morgan fingerprint density at radius 2 is 2.10 bits per heavy atom. The van der Waals surface area contributed by atoms with Gasteiger partial charge in [-0.05, 0) is 12.0 Å². The second-order valence-electron chi connectivity index (χ2n) is 4.04. The molecule has 1 rings (SSSR count). The van der Waals surface area contributed by atoms with Crippen molar-refractivity contribution in [3.8, 4) is 6.07 Å². The quantitative estimate of drug-likeness (QED) is 0.447. The van der Waals surface area contributed by atoms with Gasteiger partial charge in [0.05, 0.1) is 11.8 Å². The number of amides is 1. The Morgan fingerprint density at radius 3 is 2.75 bits per heavy atom. The highest BCUT2D eigenvalue weighted by Gasteiger charge is 2.08. The van der Waals surface area contributed by atoms with E-state index in [2.05, 4.69) is 10.6 Å². The summed E-state index contributed by atoms with van der Waals surface area (Å²) >= 11 is 0. The highest BCUT2D eigenvalue weighted by Crippen LogP contribution is 2.07. The van der Waals surface area contributed by atoms with E-state index in [-0.39, 0.29) is 12.5 Å². The first-order valence-corrected chi connectivity index (χ1v) is 6.35. The number of nitrogens with one attached hydrogen (secondary N) is 2. The van der Waals surface area contributed by atoms with Gasteiger partial charge in [0.15, 0.2) is 0 Å². The predicted molar refractivity (Wildman–Crippen MR) is 75.7 cm³/mol. The van der Waals surface area contributed by atoms with E-state index in [0.29, 0.717) is 24.2 Å². The molecule has 0 aromatic heterocycles. The molecule has 0 saturated heterocycles. The van der Waals surface area contributed by atoms with Gasteiger partial charge in [-0.3, -0.25) is 9.59 Å². The minimum Gasteiger partial charge on any atom is -0.377 e. The molecule has 1 aromatic carbocycles. The van der Waals surface area contributed by atoms with Gasteiger partial charge in [-0.1, -0.05) is 37.3 Å². The summed E-state index contributed by atoms with van der Waals surface area (Å²) in [5.41, 5.74) is 1.81. The second-order valence-corrected chi connectivity index (χ2v) is 4.04. The van der Waals surface area contributed by atoms with Gasteiger partial charge in [-0.15, -0.1) is 0 Å². The predicted octanol–water partition coefficient (Wildman–Crippen LogP) is 1.52. The monoisotopic (exact) mass is 271 g/mol. The minimum absolute atomic E-state index is 0.0352. The van der Waals surface area contributed by atoms with Gasteiger partial charge in [0, 0.05) is 12.1 Å². The molecule has 2 N–H and O–H groups in total. The molecule has 0 fully saturated rings. The molecule has 0 aliphatic carbocycles. The molecule has 5 nitrogen and oxygen atoms in total. The van der Waals surface area contributed by atoms with Crippen LogP contribution in [0.5, 0.6) is 0 Å². The third kappa shape index (κ3) is 4.58. The summed E-state index contributed by atoms with van der Waals surface area (Å²) in [6, 6.07) is 9.03. The molecule has 5 heteroatoms. The lowest BCUT2D eigenvalue weighted by Crippen LogP contribution is -2.32. The van der Waals surface area contributed by atoms with Gasteiger partial charge >= 0.3 is 0 Å². The van der Waals surface area contributed by atoms with Crippen LogP contribution >= 0.6 is 0 Å². The number of nitrogens with zero attached hydrogens (tertiary/aromatic N) is 1. The van der Waals surface area contributed by atoms with Crippen LogP contribution in [0.3, 0.4) is 0 Å². The molecule has 20 heavy (non-hydrogen) atoms. The molecular formula is C15H17N3O2. The maximum Gasteiger partial charge on any atom is 0.267 e. The van der Waals surface area contributed by atoms with Crippen molar-refractivity contribution in [1.29, 1.82) is 5.26 Å². The first-order valence-electron chi connectivity index (χ1n) is 6.35. The molecule has 0 aliphatic heterocycles. The summed E-state index contributed by atoms with van der Waals surface area (Å²) in [5, 5.41) is 13.9. The lowest BCUT2D eigenvalue weighted by molar-refractivity contribution is -0.117. The Hall–Kier alpha value is -2.61. The summed E-state index contributed by atoms with van der Waals surface area (Å²) in [7, 11) is 0. The van der Waals surface area contributed by atoms with Crippen LogP contribution in [-0.2, 0) is 11.3 Å². The van der Waals surface area contributed by atoms with E-state index >= 15 is 0 Å². The molecule has 1 aromatic rings. The molecule has 0 unspecified atom stereocenters. The fourth-order valence-electron chi connectivity index (χ4n) is 1.66. The number of benzene rings is 1. The van der Waals surface area contributed by atoms with E-state index in [1.54, 1.807) is 18.2 Å². The standard InChI is InChI=1S/C15H17N3O2/c1-2-5-14(15(20)17-9-8-16)18-10-12-6-3-4-7-13(12)11-19/h3-7,11,18H,2,9-10H2,1H3,(H,17,20)/b14-5+. The van der Waals surface area contributed by atoms with Crippen molar-refractivity contribution in [3.05, 3.63) is 47.2 Å². The summed E-state index contributed by atoms with van der Waals surface area (Å²) in [6.45, 7) is 2.26. The largest absolute Gasteiger partial charge is 0.377 e. The van der Waals surface area contributed by atoms with Crippen LogP contribution in [0.25, 0.3) is 0 Å². The van der Waals surface area contributed by atoms with Crippen LogP contribution in [0.15, 0.2) is 36.0 Å². The molecule has 0 radical (unpaired) electrons. The molecule has 104 valence electrons. The average molecular weight is 271 g/mol. The molecule has 0 atom stereocenters. The number of rotatable bonds is 7. The molecule has 0 saturated carbocycles. The maximum absolute atomic E-state index is 11.8. The van der Waals surface area contributed by atoms with Crippen LogP contribution in [0.2, 0.25) is 0 Å². The topological polar surface area (TPSA) is 82.0 Å². The molecule has 0 heterocycles. The van der Waals surface area contributed by atoms with Crippen LogP contribution in [0, 0.1) is 11.3 Å². The maximum atomic E-state index is 11.8. The zero-order valence-corrected chi connectivity index (χ0v) is 11.3. The summed E-state index contributed by atoms with van der Waals surface area (Å²) in [5.74, 6) is -0.322. The number of hydrogen-bond donors (Lipinski definition) is 2. The normalized spacial score (nSPS) is 10.5. The number of aldehydes is 1. The Morgan fingerprint density at radius 1 is 1.35 bits per heavy atom. The third-order valence-corrected chi connectivity index (χ3v) is 2.63.